The van der Waals surface area contributed by atoms with E-state index in [9.17, 15) is 0 Å². The van der Waals surface area contributed by atoms with Crippen LogP contribution in [0.1, 0.15) is 5.56 Å². The molecule has 0 aliphatic heterocycles. The minimum atomic E-state index is 0.509. The Morgan fingerprint density at radius 3 is 1.62 bits per heavy atom. The average molecular weight is 331 g/mol. The first-order chi connectivity index (χ1) is 11.8. The first kappa shape index (κ1) is 14.9. The molecule has 1 heterocycles. The number of hydrogen-bond donors (Lipinski definition) is 0. The van der Waals surface area contributed by atoms with E-state index in [1.165, 1.54) is 0 Å². The van der Waals surface area contributed by atoms with Crippen LogP contribution in [0.3, 0.4) is 0 Å². The molecule has 4 rings (SSSR count). The zero-order chi connectivity index (χ0) is 16.4. The molecule has 0 N–H and O–H groups in total. The van der Waals surface area contributed by atoms with Crippen LogP contribution in [0.25, 0.3) is 33.5 Å². The van der Waals surface area contributed by atoms with Crippen LogP contribution in [0.2, 0.25) is 0 Å². The molecule has 3 heteroatoms. The molecule has 4 aromatic rings. The van der Waals surface area contributed by atoms with E-state index in [4.69, 9.17) is 21.6 Å². The van der Waals surface area contributed by atoms with Gasteiger partial charge in [-0.15, -0.1) is 11.6 Å². The van der Waals surface area contributed by atoms with E-state index in [1.54, 1.807) is 0 Å². The Morgan fingerprint density at radius 1 is 0.583 bits per heavy atom. The number of halogens is 1. The van der Waals surface area contributed by atoms with E-state index < -0.39 is 0 Å². The Hall–Kier alpha value is -2.71. The van der Waals surface area contributed by atoms with Crippen molar-refractivity contribution in [2.24, 2.45) is 0 Å². The second-order valence-corrected chi connectivity index (χ2v) is 5.87. The first-order valence-electron chi connectivity index (χ1n) is 7.82. The van der Waals surface area contributed by atoms with Gasteiger partial charge in [0.15, 0.2) is 0 Å². The topological polar surface area (TPSA) is 25.8 Å². The van der Waals surface area contributed by atoms with Gasteiger partial charge in [0.25, 0.3) is 0 Å². The van der Waals surface area contributed by atoms with Gasteiger partial charge in [-0.25, -0.2) is 9.97 Å². The Labute approximate surface area is 145 Å². The molecule has 1 aromatic heterocycles. The summed E-state index contributed by atoms with van der Waals surface area (Å²) < 4.78 is 0. The Kier molecular flexibility index (Phi) is 3.97. The number of rotatable bonds is 3. The minimum absolute atomic E-state index is 0.509. The van der Waals surface area contributed by atoms with Gasteiger partial charge in [-0.3, -0.25) is 0 Å². The molecule has 0 radical (unpaired) electrons. The van der Waals surface area contributed by atoms with E-state index in [0.29, 0.717) is 5.88 Å². The molecular formula is C21H15ClN2. The molecule has 0 saturated heterocycles. The molecule has 0 atom stereocenters. The van der Waals surface area contributed by atoms with Gasteiger partial charge >= 0.3 is 0 Å². The fraction of sp³-hybridized carbons (Fsp3) is 0.0476. The molecule has 0 unspecified atom stereocenters. The average Bonchev–Trinajstić information content (AvgIpc) is 2.68. The second-order valence-electron chi connectivity index (χ2n) is 5.61. The van der Waals surface area contributed by atoms with Crippen LogP contribution < -0.4 is 0 Å². The number of nitrogens with zero attached hydrogens (tertiary/aromatic N) is 2. The van der Waals surface area contributed by atoms with E-state index in [-0.39, 0.29) is 0 Å². The lowest BCUT2D eigenvalue weighted by Crippen LogP contribution is -1.95. The molecule has 0 aliphatic carbocycles. The zero-order valence-electron chi connectivity index (χ0n) is 13.0. The largest absolute Gasteiger partial charge is 0.244 e. The highest BCUT2D eigenvalue weighted by Gasteiger charge is 2.12. The third kappa shape index (κ3) is 2.77. The van der Waals surface area contributed by atoms with Gasteiger partial charge in [-0.2, -0.15) is 0 Å². The molecule has 3 aromatic carbocycles. The molecule has 0 bridgehead atoms. The van der Waals surface area contributed by atoms with E-state index in [2.05, 4.69) is 24.3 Å². The highest BCUT2D eigenvalue weighted by Crippen LogP contribution is 2.31. The van der Waals surface area contributed by atoms with Crippen molar-refractivity contribution in [1.82, 2.24) is 9.97 Å². The van der Waals surface area contributed by atoms with E-state index >= 15 is 0 Å². The molecular weight excluding hydrogens is 316 g/mol. The van der Waals surface area contributed by atoms with Crippen LogP contribution in [-0.4, -0.2) is 9.97 Å². The summed E-state index contributed by atoms with van der Waals surface area (Å²) in [6.07, 6.45) is 0. The maximum Gasteiger partial charge on any atom is 0.0973 e. The van der Waals surface area contributed by atoms with Gasteiger partial charge in [0.05, 0.1) is 22.4 Å². The van der Waals surface area contributed by atoms with E-state index in [0.717, 1.165) is 39.1 Å². The summed E-state index contributed by atoms with van der Waals surface area (Å²) in [5.74, 6) is 0.509. The third-order valence-corrected chi connectivity index (χ3v) is 4.31. The van der Waals surface area contributed by atoms with Crippen LogP contribution in [0.4, 0.5) is 0 Å². The smallest absolute Gasteiger partial charge is 0.0973 e. The molecule has 2 nitrogen and oxygen atoms in total. The number of para-hydroxylation sites is 2. The highest BCUT2D eigenvalue weighted by molar-refractivity contribution is 6.17. The normalized spacial score (nSPS) is 10.9. The van der Waals surface area contributed by atoms with Crippen molar-refractivity contribution in [2.75, 3.05) is 0 Å². The molecule has 0 saturated carbocycles. The molecule has 24 heavy (non-hydrogen) atoms. The van der Waals surface area contributed by atoms with Gasteiger partial charge in [0.1, 0.15) is 0 Å². The van der Waals surface area contributed by atoms with Crippen molar-refractivity contribution >= 4 is 22.6 Å². The summed E-state index contributed by atoms with van der Waals surface area (Å²) in [4.78, 5) is 9.76. The number of aromatic nitrogens is 2. The minimum Gasteiger partial charge on any atom is -0.244 e. The first-order valence-corrected chi connectivity index (χ1v) is 8.36. The number of fused-ring (bicyclic) bond motifs is 1. The third-order valence-electron chi connectivity index (χ3n) is 4.00. The maximum atomic E-state index is 5.90. The predicted molar refractivity (Wildman–Crippen MR) is 100.0 cm³/mol. The van der Waals surface area contributed by atoms with Crippen molar-refractivity contribution < 1.29 is 0 Å². The summed E-state index contributed by atoms with van der Waals surface area (Å²) >= 11 is 5.90. The molecule has 116 valence electrons. The molecule has 0 amide bonds. The molecule has 0 aliphatic rings. The van der Waals surface area contributed by atoms with Crippen molar-refractivity contribution in [2.45, 2.75) is 5.88 Å². The lowest BCUT2D eigenvalue weighted by molar-refractivity contribution is 1.29. The van der Waals surface area contributed by atoms with E-state index in [1.807, 2.05) is 54.6 Å². The fourth-order valence-corrected chi connectivity index (χ4v) is 2.93. The van der Waals surface area contributed by atoms with Gasteiger partial charge < -0.3 is 0 Å². The van der Waals surface area contributed by atoms with Crippen LogP contribution in [0.15, 0.2) is 78.9 Å². The van der Waals surface area contributed by atoms with Crippen molar-refractivity contribution in [3.63, 3.8) is 0 Å². The van der Waals surface area contributed by atoms with Crippen molar-refractivity contribution in [3.05, 3.63) is 84.4 Å². The monoisotopic (exact) mass is 330 g/mol. The van der Waals surface area contributed by atoms with Gasteiger partial charge in [0, 0.05) is 17.0 Å². The fourth-order valence-electron chi connectivity index (χ4n) is 2.75. The lowest BCUT2D eigenvalue weighted by atomic mass is 10.0. The summed E-state index contributed by atoms with van der Waals surface area (Å²) in [7, 11) is 0. The summed E-state index contributed by atoms with van der Waals surface area (Å²) in [6.45, 7) is 0. The lowest BCUT2D eigenvalue weighted by Gasteiger charge is -2.11. The Bertz CT molecular complexity index is 980. The van der Waals surface area contributed by atoms with Crippen LogP contribution in [0, 0.1) is 0 Å². The summed E-state index contributed by atoms with van der Waals surface area (Å²) in [5, 5.41) is 0. The summed E-state index contributed by atoms with van der Waals surface area (Å²) in [5.41, 5.74) is 6.78. The van der Waals surface area contributed by atoms with Gasteiger partial charge in [-0.1, -0.05) is 66.7 Å². The molecule has 0 spiro atoms. The van der Waals surface area contributed by atoms with Crippen LogP contribution >= 0.6 is 11.6 Å². The molecule has 0 fully saturated rings. The van der Waals surface area contributed by atoms with Crippen LogP contribution in [-0.2, 0) is 5.88 Å². The Morgan fingerprint density at radius 2 is 1.08 bits per heavy atom. The SMILES string of the molecule is ClCc1ccc(-c2nc3ccccc3nc2-c2ccccc2)cc1. The summed E-state index contributed by atoms with van der Waals surface area (Å²) in [6, 6.07) is 26.3. The zero-order valence-corrected chi connectivity index (χ0v) is 13.7. The second kappa shape index (κ2) is 6.42. The Balaban J connectivity index is 1.97. The van der Waals surface area contributed by atoms with Gasteiger partial charge in [-0.05, 0) is 17.7 Å². The van der Waals surface area contributed by atoms with Gasteiger partial charge in [0.2, 0.25) is 0 Å². The number of alkyl halides is 1. The van der Waals surface area contributed by atoms with Crippen molar-refractivity contribution in [1.29, 1.82) is 0 Å². The predicted octanol–water partition coefficient (Wildman–Crippen LogP) is 5.70. The number of benzene rings is 3. The highest BCUT2D eigenvalue weighted by atomic mass is 35.5. The number of hydrogen-bond acceptors (Lipinski definition) is 2. The maximum absolute atomic E-state index is 5.90. The van der Waals surface area contributed by atoms with Crippen molar-refractivity contribution in [3.8, 4) is 22.5 Å². The van der Waals surface area contributed by atoms with Crippen LogP contribution in [0.5, 0.6) is 0 Å². The standard InChI is InChI=1S/C21H15ClN2/c22-14-15-10-12-17(13-11-15)21-20(16-6-2-1-3-7-16)23-18-8-4-5-9-19(18)24-21/h1-13H,14H2. The quantitative estimate of drug-likeness (QED) is 0.450.